The lowest BCUT2D eigenvalue weighted by Crippen LogP contribution is -2.00. The largest absolute Gasteiger partial charge is 0.456 e. The predicted octanol–water partition coefficient (Wildman–Crippen LogP) is 13.4. The number of thiophene rings is 1. The Kier molecular flexibility index (Phi) is 6.12. The van der Waals surface area contributed by atoms with Gasteiger partial charge in [-0.2, -0.15) is 0 Å². The van der Waals surface area contributed by atoms with E-state index in [0.717, 1.165) is 61.2 Å². The van der Waals surface area contributed by atoms with Gasteiger partial charge in [-0.15, -0.1) is 11.3 Å². The highest BCUT2D eigenvalue weighted by molar-refractivity contribution is 7.26. The molecule has 51 heavy (non-hydrogen) atoms. The van der Waals surface area contributed by atoms with E-state index in [1.54, 1.807) is 0 Å². The zero-order valence-electron chi connectivity index (χ0n) is 27.4. The third-order valence-corrected chi connectivity index (χ3v) is 11.3. The molecule has 0 amide bonds. The maximum atomic E-state index is 6.48. The monoisotopic (exact) mass is 668 g/mol. The smallest absolute Gasteiger partial charge is 0.138 e. The van der Waals surface area contributed by atoms with Crippen LogP contribution in [0.25, 0.3) is 103 Å². The Bertz CT molecular complexity index is 3090. The van der Waals surface area contributed by atoms with E-state index in [9.17, 15) is 0 Å². The number of fused-ring (bicyclic) bond motifs is 10. The van der Waals surface area contributed by atoms with Crippen LogP contribution in [0.1, 0.15) is 0 Å². The minimum Gasteiger partial charge on any atom is -0.456 e. The van der Waals surface area contributed by atoms with Crippen LogP contribution in [-0.4, -0.2) is 9.55 Å². The maximum Gasteiger partial charge on any atom is 0.138 e. The van der Waals surface area contributed by atoms with Gasteiger partial charge in [-0.05, 0) is 89.0 Å². The minimum atomic E-state index is 0.880. The molecular formula is C47H28N2OS. The van der Waals surface area contributed by atoms with Gasteiger partial charge in [-0.25, -0.2) is 4.98 Å². The van der Waals surface area contributed by atoms with Crippen molar-refractivity contribution in [1.29, 1.82) is 0 Å². The summed E-state index contributed by atoms with van der Waals surface area (Å²) in [4.78, 5) is 5.46. The first-order valence-corrected chi connectivity index (χ1v) is 18.0. The fourth-order valence-electron chi connectivity index (χ4n) is 7.87. The Morgan fingerprint density at radius 3 is 1.88 bits per heavy atom. The SMILES string of the molecule is c1ccc(-c2cccc(-c3cc(-c4ccc5oc6ccc7sc8ccccc8c7c6c5c4)nc(-n4c5ccccc5c5ccccc54)c3)c2)cc1. The summed E-state index contributed by atoms with van der Waals surface area (Å²) in [5.74, 6) is 0.883. The second-order valence-electron chi connectivity index (χ2n) is 13.1. The molecule has 4 aromatic heterocycles. The van der Waals surface area contributed by atoms with Crippen molar-refractivity contribution in [2.45, 2.75) is 0 Å². The molecule has 0 saturated heterocycles. The van der Waals surface area contributed by atoms with E-state index >= 15 is 0 Å². The second kappa shape index (κ2) is 11.0. The van der Waals surface area contributed by atoms with Gasteiger partial charge in [0.05, 0.1) is 16.7 Å². The number of benzene rings is 7. The van der Waals surface area contributed by atoms with Crippen molar-refractivity contribution >= 4 is 75.3 Å². The summed E-state index contributed by atoms with van der Waals surface area (Å²) >= 11 is 1.83. The van der Waals surface area contributed by atoms with Gasteiger partial charge in [0.2, 0.25) is 0 Å². The molecule has 0 radical (unpaired) electrons. The lowest BCUT2D eigenvalue weighted by Gasteiger charge is -2.14. The molecule has 0 aliphatic rings. The molecular weight excluding hydrogens is 641 g/mol. The van der Waals surface area contributed by atoms with E-state index in [0.29, 0.717) is 0 Å². The zero-order valence-corrected chi connectivity index (χ0v) is 28.2. The highest BCUT2D eigenvalue weighted by atomic mass is 32.1. The number of furan rings is 1. The molecule has 3 nitrogen and oxygen atoms in total. The third-order valence-electron chi connectivity index (χ3n) is 10.2. The molecule has 0 saturated carbocycles. The molecule has 0 aliphatic heterocycles. The van der Waals surface area contributed by atoms with Gasteiger partial charge >= 0.3 is 0 Å². The topological polar surface area (TPSA) is 31.0 Å². The van der Waals surface area contributed by atoms with Crippen molar-refractivity contribution in [1.82, 2.24) is 9.55 Å². The van der Waals surface area contributed by atoms with Crippen molar-refractivity contribution in [2.24, 2.45) is 0 Å². The summed E-state index contributed by atoms with van der Waals surface area (Å²) in [6.45, 7) is 0. The van der Waals surface area contributed by atoms with Crippen LogP contribution in [0.15, 0.2) is 174 Å². The van der Waals surface area contributed by atoms with Crippen LogP contribution in [0.2, 0.25) is 0 Å². The first-order chi connectivity index (χ1) is 25.3. The normalized spacial score (nSPS) is 11.9. The van der Waals surface area contributed by atoms with E-state index in [-0.39, 0.29) is 0 Å². The lowest BCUT2D eigenvalue weighted by molar-refractivity contribution is 0.669. The van der Waals surface area contributed by atoms with E-state index in [1.807, 2.05) is 11.3 Å². The van der Waals surface area contributed by atoms with Gasteiger partial charge in [-0.3, -0.25) is 4.57 Å². The summed E-state index contributed by atoms with van der Waals surface area (Å²) in [5.41, 5.74) is 10.6. The summed E-state index contributed by atoms with van der Waals surface area (Å²) in [7, 11) is 0. The Hall–Kier alpha value is -6.49. The number of rotatable bonds is 4. The van der Waals surface area contributed by atoms with Crippen LogP contribution in [0, 0.1) is 0 Å². The van der Waals surface area contributed by atoms with Gasteiger partial charge in [-0.1, -0.05) is 103 Å². The van der Waals surface area contributed by atoms with Gasteiger partial charge < -0.3 is 4.42 Å². The average Bonchev–Trinajstić information content (AvgIpc) is 3.87. The quantitative estimate of drug-likeness (QED) is 0.187. The Morgan fingerprint density at radius 1 is 0.412 bits per heavy atom. The molecule has 0 bridgehead atoms. The fraction of sp³-hybridized carbons (Fsp3) is 0. The molecule has 4 heterocycles. The Morgan fingerprint density at radius 2 is 1.08 bits per heavy atom. The first kappa shape index (κ1) is 28.4. The Balaban J connectivity index is 1.18. The molecule has 0 N–H and O–H groups in total. The number of pyridine rings is 1. The van der Waals surface area contributed by atoms with Crippen LogP contribution < -0.4 is 0 Å². The van der Waals surface area contributed by atoms with E-state index in [2.05, 4.69) is 174 Å². The lowest BCUT2D eigenvalue weighted by atomic mass is 9.97. The number of para-hydroxylation sites is 2. The fourth-order valence-corrected chi connectivity index (χ4v) is 8.98. The molecule has 11 aromatic rings. The van der Waals surface area contributed by atoms with Crippen molar-refractivity contribution < 1.29 is 4.42 Å². The van der Waals surface area contributed by atoms with Crippen molar-refractivity contribution in [3.8, 4) is 39.3 Å². The number of nitrogens with zero attached hydrogens (tertiary/aromatic N) is 2. The maximum absolute atomic E-state index is 6.48. The van der Waals surface area contributed by atoms with E-state index in [1.165, 1.54) is 42.1 Å². The van der Waals surface area contributed by atoms with E-state index < -0.39 is 0 Å². The van der Waals surface area contributed by atoms with Crippen molar-refractivity contribution in [3.05, 3.63) is 170 Å². The molecule has 0 unspecified atom stereocenters. The van der Waals surface area contributed by atoms with Gasteiger partial charge in [0.25, 0.3) is 0 Å². The molecule has 238 valence electrons. The summed E-state index contributed by atoms with van der Waals surface area (Å²) in [6, 6.07) is 60.6. The first-order valence-electron chi connectivity index (χ1n) is 17.2. The second-order valence-corrected chi connectivity index (χ2v) is 14.2. The standard InChI is InChI=1S/C47H28N2OS/c1-2-11-29(12-3-1)30-13-10-14-31(25-30)33-27-38(48-45(28-33)49-39-18-7-4-15-34(39)35-16-5-8-19-40(35)49)32-21-22-41-37(26-32)46-42(50-41)23-24-44-47(46)36-17-6-9-20-43(36)51-44/h1-28H. The highest BCUT2D eigenvalue weighted by Crippen LogP contribution is 2.43. The molecule has 0 aliphatic carbocycles. The number of hydrogen-bond donors (Lipinski definition) is 0. The van der Waals surface area contributed by atoms with Crippen LogP contribution >= 0.6 is 11.3 Å². The van der Waals surface area contributed by atoms with Crippen LogP contribution in [0.4, 0.5) is 0 Å². The van der Waals surface area contributed by atoms with Gasteiger partial charge in [0, 0.05) is 47.3 Å². The van der Waals surface area contributed by atoms with Crippen molar-refractivity contribution in [3.63, 3.8) is 0 Å². The zero-order chi connectivity index (χ0) is 33.5. The molecule has 7 aromatic carbocycles. The molecule has 0 atom stereocenters. The summed E-state index contributed by atoms with van der Waals surface area (Å²) in [6.07, 6.45) is 0. The molecule has 0 spiro atoms. The van der Waals surface area contributed by atoms with Crippen LogP contribution in [0.5, 0.6) is 0 Å². The Labute approximate surface area is 297 Å². The molecule has 0 fully saturated rings. The van der Waals surface area contributed by atoms with E-state index in [4.69, 9.17) is 9.40 Å². The van der Waals surface area contributed by atoms with Gasteiger partial charge in [0.1, 0.15) is 17.0 Å². The van der Waals surface area contributed by atoms with Crippen LogP contribution in [-0.2, 0) is 0 Å². The van der Waals surface area contributed by atoms with Crippen LogP contribution in [0.3, 0.4) is 0 Å². The van der Waals surface area contributed by atoms with Crippen molar-refractivity contribution in [2.75, 3.05) is 0 Å². The summed E-state index contributed by atoms with van der Waals surface area (Å²) < 4.78 is 11.3. The third kappa shape index (κ3) is 4.40. The number of aromatic nitrogens is 2. The summed E-state index contributed by atoms with van der Waals surface area (Å²) in [5, 5.41) is 7.22. The molecule has 11 rings (SSSR count). The number of hydrogen-bond acceptors (Lipinski definition) is 3. The highest BCUT2D eigenvalue weighted by Gasteiger charge is 2.18. The van der Waals surface area contributed by atoms with Gasteiger partial charge in [0.15, 0.2) is 0 Å². The molecule has 4 heteroatoms. The average molecular weight is 669 g/mol. The predicted molar refractivity (Wildman–Crippen MR) is 215 cm³/mol. The minimum absolute atomic E-state index is 0.880.